The molecule has 0 unspecified atom stereocenters. The van der Waals surface area contributed by atoms with Gasteiger partial charge in [-0.05, 0) is 36.8 Å². The minimum Gasteiger partial charge on any atom is -0.497 e. The Morgan fingerprint density at radius 3 is 2.95 bits per heavy atom. The molecule has 104 valence electrons. The number of amides is 1. The molecule has 5 heteroatoms. The molecule has 0 aliphatic rings. The number of benzene rings is 1. The van der Waals surface area contributed by atoms with Crippen LogP contribution in [-0.2, 0) is 6.42 Å². The third kappa shape index (κ3) is 3.68. The van der Waals surface area contributed by atoms with Crippen molar-refractivity contribution in [1.29, 1.82) is 0 Å². The molecule has 0 saturated heterocycles. The van der Waals surface area contributed by atoms with Crippen molar-refractivity contribution in [3.63, 3.8) is 0 Å². The summed E-state index contributed by atoms with van der Waals surface area (Å²) in [6.45, 7) is 2.11. The smallest absolute Gasteiger partial charge is 0.271 e. The summed E-state index contributed by atoms with van der Waals surface area (Å²) in [6, 6.07) is 11.0. The molecule has 4 nitrogen and oxygen atoms in total. The maximum absolute atomic E-state index is 11.9. The van der Waals surface area contributed by atoms with Gasteiger partial charge in [0.05, 0.1) is 13.3 Å². The zero-order valence-corrected chi connectivity index (χ0v) is 12.2. The molecule has 2 rings (SSSR count). The molecule has 0 aliphatic heterocycles. The van der Waals surface area contributed by atoms with Gasteiger partial charge in [-0.25, -0.2) is 5.43 Å². The predicted octanol–water partition coefficient (Wildman–Crippen LogP) is 3.08. The second-order valence-electron chi connectivity index (χ2n) is 4.09. The molecule has 0 aliphatic carbocycles. The number of rotatable bonds is 5. The molecule has 0 atom stereocenters. The molecule has 0 spiro atoms. The Balaban J connectivity index is 1.97. The van der Waals surface area contributed by atoms with E-state index in [1.807, 2.05) is 6.07 Å². The van der Waals surface area contributed by atoms with Gasteiger partial charge in [0.25, 0.3) is 5.91 Å². The highest BCUT2D eigenvalue weighted by Crippen LogP contribution is 2.15. The normalized spacial score (nSPS) is 10.7. The number of hydrogen-bond acceptors (Lipinski definition) is 4. The fraction of sp³-hybridized carbons (Fsp3) is 0.200. The van der Waals surface area contributed by atoms with Gasteiger partial charge in [0.15, 0.2) is 0 Å². The van der Waals surface area contributed by atoms with Gasteiger partial charge >= 0.3 is 0 Å². The van der Waals surface area contributed by atoms with Crippen molar-refractivity contribution >= 4 is 23.5 Å². The van der Waals surface area contributed by atoms with Crippen LogP contribution in [0.4, 0.5) is 0 Å². The molecule has 20 heavy (non-hydrogen) atoms. The second kappa shape index (κ2) is 6.86. The van der Waals surface area contributed by atoms with Crippen LogP contribution in [0, 0.1) is 0 Å². The lowest BCUT2D eigenvalue weighted by Gasteiger charge is -2.02. The number of methoxy groups -OCH3 is 1. The summed E-state index contributed by atoms with van der Waals surface area (Å²) in [5.41, 5.74) is 3.02. The maximum atomic E-state index is 11.9. The SMILES string of the molecule is CCc1ccc(C=NNC(=O)c2cccc(OC)c2)s1. The van der Waals surface area contributed by atoms with Crippen molar-refractivity contribution in [2.45, 2.75) is 13.3 Å². The number of carbonyl (C=O) groups is 1. The standard InChI is InChI=1S/C15H16N2O2S/c1-3-13-7-8-14(20-13)10-16-17-15(18)11-5-4-6-12(9-11)19-2/h4-10H,3H2,1-2H3,(H,17,18). The number of hydrogen-bond donors (Lipinski definition) is 1. The Kier molecular flexibility index (Phi) is 4.90. The fourth-order valence-electron chi connectivity index (χ4n) is 1.64. The zero-order valence-electron chi connectivity index (χ0n) is 11.4. The molecule has 0 saturated carbocycles. The number of carbonyl (C=O) groups excluding carboxylic acids is 1. The molecule has 0 fully saturated rings. The van der Waals surface area contributed by atoms with E-state index in [2.05, 4.69) is 23.5 Å². The van der Waals surface area contributed by atoms with Crippen LogP contribution in [0.3, 0.4) is 0 Å². The van der Waals surface area contributed by atoms with E-state index < -0.39 is 0 Å². The molecule has 1 aromatic carbocycles. The first-order valence-corrected chi connectivity index (χ1v) is 7.10. The first-order valence-electron chi connectivity index (χ1n) is 6.29. The van der Waals surface area contributed by atoms with Crippen LogP contribution in [0.2, 0.25) is 0 Å². The number of hydrazone groups is 1. The maximum Gasteiger partial charge on any atom is 0.271 e. The Morgan fingerprint density at radius 2 is 2.25 bits per heavy atom. The first kappa shape index (κ1) is 14.3. The van der Waals surface area contributed by atoms with Crippen LogP contribution < -0.4 is 10.2 Å². The molecular formula is C15H16N2O2S. The van der Waals surface area contributed by atoms with Gasteiger partial charge < -0.3 is 4.74 Å². The van der Waals surface area contributed by atoms with Crippen molar-refractivity contribution in [2.75, 3.05) is 7.11 Å². The predicted molar refractivity (Wildman–Crippen MR) is 81.8 cm³/mol. The summed E-state index contributed by atoms with van der Waals surface area (Å²) in [7, 11) is 1.57. The van der Waals surface area contributed by atoms with E-state index in [4.69, 9.17) is 4.74 Å². The van der Waals surface area contributed by atoms with Gasteiger partial charge in [-0.1, -0.05) is 13.0 Å². The van der Waals surface area contributed by atoms with Gasteiger partial charge in [0.1, 0.15) is 5.75 Å². The average Bonchev–Trinajstić information content (AvgIpc) is 2.95. The Labute approximate surface area is 122 Å². The van der Waals surface area contributed by atoms with E-state index in [-0.39, 0.29) is 5.91 Å². The molecule has 0 radical (unpaired) electrons. The molecule has 1 N–H and O–H groups in total. The van der Waals surface area contributed by atoms with Gasteiger partial charge in [-0.2, -0.15) is 5.10 Å². The summed E-state index contributed by atoms with van der Waals surface area (Å²) < 4.78 is 5.08. The lowest BCUT2D eigenvalue weighted by molar-refractivity contribution is 0.0955. The zero-order chi connectivity index (χ0) is 14.4. The molecule has 1 aromatic heterocycles. The number of aryl methyl sites for hydroxylation is 1. The van der Waals surface area contributed by atoms with Gasteiger partial charge in [-0.3, -0.25) is 4.79 Å². The highest BCUT2D eigenvalue weighted by molar-refractivity contribution is 7.13. The third-order valence-corrected chi connectivity index (χ3v) is 3.88. The van der Waals surface area contributed by atoms with Gasteiger partial charge in [0.2, 0.25) is 0 Å². The average molecular weight is 288 g/mol. The number of nitrogens with one attached hydrogen (secondary N) is 1. The summed E-state index contributed by atoms with van der Waals surface area (Å²) in [5.74, 6) is 0.389. The van der Waals surface area contributed by atoms with E-state index in [1.54, 1.807) is 48.9 Å². The van der Waals surface area contributed by atoms with Crippen LogP contribution in [-0.4, -0.2) is 19.2 Å². The summed E-state index contributed by atoms with van der Waals surface area (Å²) in [5, 5.41) is 3.97. The van der Waals surface area contributed by atoms with Crippen LogP contribution >= 0.6 is 11.3 Å². The molecule has 1 amide bonds. The van der Waals surface area contributed by atoms with E-state index in [9.17, 15) is 4.79 Å². The van der Waals surface area contributed by atoms with Crippen molar-refractivity contribution in [1.82, 2.24) is 5.43 Å². The van der Waals surface area contributed by atoms with Crippen molar-refractivity contribution < 1.29 is 9.53 Å². The Bertz CT molecular complexity index is 620. The minimum atomic E-state index is -0.257. The number of ether oxygens (including phenoxy) is 1. The molecular weight excluding hydrogens is 272 g/mol. The lowest BCUT2D eigenvalue weighted by atomic mass is 10.2. The monoisotopic (exact) mass is 288 g/mol. The third-order valence-electron chi connectivity index (χ3n) is 2.72. The van der Waals surface area contributed by atoms with Crippen LogP contribution in [0.1, 0.15) is 27.0 Å². The summed E-state index contributed by atoms with van der Waals surface area (Å²) >= 11 is 1.67. The van der Waals surface area contributed by atoms with E-state index in [0.717, 1.165) is 11.3 Å². The van der Waals surface area contributed by atoms with Gasteiger partial charge in [0, 0.05) is 15.3 Å². The fourth-order valence-corrected chi connectivity index (χ4v) is 2.46. The minimum absolute atomic E-state index is 0.257. The van der Waals surface area contributed by atoms with E-state index in [0.29, 0.717) is 11.3 Å². The molecule has 1 heterocycles. The number of nitrogens with zero attached hydrogens (tertiary/aromatic N) is 1. The lowest BCUT2D eigenvalue weighted by Crippen LogP contribution is -2.17. The second-order valence-corrected chi connectivity index (χ2v) is 5.29. The number of thiophene rings is 1. The van der Waals surface area contributed by atoms with Gasteiger partial charge in [-0.15, -0.1) is 11.3 Å². The Morgan fingerprint density at radius 1 is 1.40 bits per heavy atom. The molecule has 0 bridgehead atoms. The van der Waals surface area contributed by atoms with Crippen LogP contribution in [0.25, 0.3) is 0 Å². The van der Waals surface area contributed by atoms with Crippen molar-refractivity contribution in [3.05, 3.63) is 51.7 Å². The van der Waals surface area contributed by atoms with E-state index >= 15 is 0 Å². The largest absolute Gasteiger partial charge is 0.497 e. The highest BCUT2D eigenvalue weighted by Gasteiger charge is 2.05. The van der Waals surface area contributed by atoms with Crippen molar-refractivity contribution in [3.8, 4) is 5.75 Å². The quantitative estimate of drug-likeness (QED) is 0.679. The van der Waals surface area contributed by atoms with Crippen molar-refractivity contribution in [2.24, 2.45) is 5.10 Å². The first-order chi connectivity index (χ1) is 9.72. The topological polar surface area (TPSA) is 50.7 Å². The summed E-state index contributed by atoms with van der Waals surface area (Å²) in [4.78, 5) is 14.2. The molecule has 2 aromatic rings. The Hall–Kier alpha value is -2.14. The van der Waals surface area contributed by atoms with E-state index in [1.165, 1.54) is 4.88 Å². The summed E-state index contributed by atoms with van der Waals surface area (Å²) in [6.07, 6.45) is 2.66. The van der Waals surface area contributed by atoms with Crippen LogP contribution in [0.15, 0.2) is 41.5 Å². The highest BCUT2D eigenvalue weighted by atomic mass is 32.1. The van der Waals surface area contributed by atoms with Crippen LogP contribution in [0.5, 0.6) is 5.75 Å².